The molecule has 4 N–H and O–H groups in total. The van der Waals surface area contributed by atoms with Crippen molar-refractivity contribution in [3.63, 3.8) is 0 Å². The Morgan fingerprint density at radius 2 is 1.75 bits per heavy atom. The van der Waals surface area contributed by atoms with Crippen molar-refractivity contribution in [3.8, 4) is 0 Å². The zero-order valence-electron chi connectivity index (χ0n) is 17.0. The average Bonchev–Trinajstić information content (AvgIpc) is 2.55. The minimum atomic E-state index is -0.768. The second-order valence-electron chi connectivity index (χ2n) is 8.42. The first-order chi connectivity index (χ1) is 13.2. The quantitative estimate of drug-likeness (QED) is 0.652. The number of carbonyl (C=O) groups is 2. The van der Waals surface area contributed by atoms with E-state index in [1.165, 1.54) is 18.6 Å². The molecular weight excluding hydrogens is 361 g/mol. The summed E-state index contributed by atoms with van der Waals surface area (Å²) in [5.74, 6) is -1.02. The van der Waals surface area contributed by atoms with Crippen molar-refractivity contribution in [2.24, 2.45) is 5.92 Å². The van der Waals surface area contributed by atoms with Crippen LogP contribution in [0.4, 0.5) is 20.6 Å². The lowest BCUT2D eigenvalue weighted by Gasteiger charge is -2.30. The lowest BCUT2D eigenvalue weighted by molar-refractivity contribution is -0.119. The Kier molecular flexibility index (Phi) is 7.66. The summed E-state index contributed by atoms with van der Waals surface area (Å²) in [7, 11) is 0. The second kappa shape index (κ2) is 9.75. The third-order valence-electron chi connectivity index (χ3n) is 4.89. The lowest BCUT2D eigenvalue weighted by atomic mass is 9.85. The van der Waals surface area contributed by atoms with Crippen LogP contribution >= 0.6 is 0 Å². The lowest BCUT2D eigenvalue weighted by Crippen LogP contribution is -2.50. The van der Waals surface area contributed by atoms with Gasteiger partial charge in [-0.2, -0.15) is 0 Å². The molecule has 156 valence electrons. The maximum Gasteiger partial charge on any atom is 0.408 e. The monoisotopic (exact) mass is 393 g/mol. The molecule has 1 unspecified atom stereocenters. The number of nitrogens with two attached hydrogens (primary N) is 1. The molecule has 1 aliphatic carbocycles. The molecule has 0 saturated heterocycles. The Morgan fingerprint density at radius 1 is 1.14 bits per heavy atom. The number of anilines is 2. The highest BCUT2D eigenvalue weighted by atomic mass is 19.1. The smallest absolute Gasteiger partial charge is 0.408 e. The van der Waals surface area contributed by atoms with Crippen molar-refractivity contribution in [1.82, 2.24) is 5.32 Å². The van der Waals surface area contributed by atoms with Gasteiger partial charge in [0.2, 0.25) is 5.91 Å². The number of hydrogen-bond donors (Lipinski definition) is 3. The number of nitrogens with one attached hydrogen (secondary N) is 2. The van der Waals surface area contributed by atoms with Crippen LogP contribution in [-0.2, 0) is 9.53 Å². The van der Waals surface area contributed by atoms with Gasteiger partial charge in [-0.3, -0.25) is 4.79 Å². The predicted octanol–water partition coefficient (Wildman–Crippen LogP) is 4.60. The van der Waals surface area contributed by atoms with Crippen molar-refractivity contribution in [2.45, 2.75) is 77.4 Å². The van der Waals surface area contributed by atoms with Crippen molar-refractivity contribution >= 4 is 23.4 Å². The molecule has 0 radical (unpaired) electrons. The number of carbonyl (C=O) groups excluding carboxylic acids is 2. The van der Waals surface area contributed by atoms with E-state index in [1.54, 1.807) is 26.8 Å². The van der Waals surface area contributed by atoms with Gasteiger partial charge in [0.05, 0.1) is 11.4 Å². The molecule has 28 heavy (non-hydrogen) atoms. The fourth-order valence-corrected chi connectivity index (χ4v) is 3.51. The molecule has 1 aliphatic rings. The zero-order chi connectivity index (χ0) is 20.7. The first-order valence-corrected chi connectivity index (χ1v) is 10.0. The predicted molar refractivity (Wildman–Crippen MR) is 108 cm³/mol. The van der Waals surface area contributed by atoms with Gasteiger partial charge in [0, 0.05) is 0 Å². The maximum absolute atomic E-state index is 13.7. The van der Waals surface area contributed by atoms with Crippen LogP contribution in [0.3, 0.4) is 0 Å². The molecule has 2 amide bonds. The van der Waals surface area contributed by atoms with Gasteiger partial charge in [0.25, 0.3) is 0 Å². The van der Waals surface area contributed by atoms with E-state index in [9.17, 15) is 14.0 Å². The van der Waals surface area contributed by atoms with Crippen LogP contribution in [0.5, 0.6) is 0 Å². The minimum absolute atomic E-state index is 0.0115. The Balaban J connectivity index is 2.18. The van der Waals surface area contributed by atoms with Crippen molar-refractivity contribution in [2.75, 3.05) is 11.1 Å². The van der Waals surface area contributed by atoms with Crippen LogP contribution in [-0.4, -0.2) is 23.6 Å². The van der Waals surface area contributed by atoms with Crippen LogP contribution in [0.1, 0.15) is 65.7 Å². The molecule has 6 nitrogen and oxygen atoms in total. The minimum Gasteiger partial charge on any atom is -0.444 e. The van der Waals surface area contributed by atoms with E-state index >= 15 is 0 Å². The fourth-order valence-electron chi connectivity index (χ4n) is 3.51. The first kappa shape index (κ1) is 22.0. The molecule has 1 fully saturated rings. The van der Waals surface area contributed by atoms with Gasteiger partial charge < -0.3 is 21.1 Å². The van der Waals surface area contributed by atoms with Gasteiger partial charge in [0.15, 0.2) is 0 Å². The number of para-hydroxylation sites is 1. The molecule has 0 bridgehead atoms. The average molecular weight is 394 g/mol. The van der Waals surface area contributed by atoms with E-state index in [0.29, 0.717) is 0 Å². The summed E-state index contributed by atoms with van der Waals surface area (Å²) in [6.45, 7) is 5.31. The van der Waals surface area contributed by atoms with Crippen molar-refractivity contribution in [3.05, 3.63) is 24.0 Å². The van der Waals surface area contributed by atoms with Crippen LogP contribution < -0.4 is 16.4 Å². The SMILES string of the molecule is CC(C)(C)OC(=O)NC(C(=O)Nc1cccc(F)c1N)C1CCCCCCC1. The van der Waals surface area contributed by atoms with Gasteiger partial charge in [0.1, 0.15) is 17.5 Å². The van der Waals surface area contributed by atoms with Crippen molar-refractivity contribution < 1.29 is 18.7 Å². The van der Waals surface area contributed by atoms with E-state index in [0.717, 1.165) is 38.5 Å². The third kappa shape index (κ3) is 6.69. The van der Waals surface area contributed by atoms with E-state index < -0.39 is 29.5 Å². The highest BCUT2D eigenvalue weighted by molar-refractivity contribution is 5.99. The standard InChI is InChI=1S/C21H32FN3O3/c1-21(2,3)28-20(27)25-18(14-10-7-5-4-6-8-11-14)19(26)24-16-13-9-12-15(22)17(16)23/h9,12-14,18H,4-8,10-11,23H2,1-3H3,(H,24,26)(H,25,27). The highest BCUT2D eigenvalue weighted by Gasteiger charge is 2.32. The van der Waals surface area contributed by atoms with E-state index in [1.807, 2.05) is 0 Å². The normalized spacial score (nSPS) is 17.1. The topological polar surface area (TPSA) is 93.4 Å². The molecule has 0 aliphatic heterocycles. The Bertz CT molecular complexity index is 680. The van der Waals surface area contributed by atoms with Crippen LogP contribution in [0.25, 0.3) is 0 Å². The molecular formula is C21H32FN3O3. The number of alkyl carbamates (subject to hydrolysis) is 1. The highest BCUT2D eigenvalue weighted by Crippen LogP contribution is 2.27. The maximum atomic E-state index is 13.7. The Hall–Kier alpha value is -2.31. The van der Waals surface area contributed by atoms with Gasteiger partial charge >= 0.3 is 6.09 Å². The number of nitrogen functional groups attached to an aromatic ring is 1. The number of halogens is 1. The van der Waals surface area contributed by atoms with Gasteiger partial charge in [-0.1, -0.05) is 38.2 Å². The second-order valence-corrected chi connectivity index (χ2v) is 8.42. The summed E-state index contributed by atoms with van der Waals surface area (Å²) >= 11 is 0. The molecule has 0 heterocycles. The molecule has 7 heteroatoms. The number of ether oxygens (including phenoxy) is 1. The molecule has 1 aromatic carbocycles. The summed E-state index contributed by atoms with van der Waals surface area (Å²) in [6, 6.07) is 3.48. The summed E-state index contributed by atoms with van der Waals surface area (Å²) in [4.78, 5) is 25.4. The van der Waals surface area contributed by atoms with Gasteiger partial charge in [-0.15, -0.1) is 0 Å². The molecule has 0 aromatic heterocycles. The Morgan fingerprint density at radius 3 is 2.36 bits per heavy atom. The molecule has 1 saturated carbocycles. The number of benzene rings is 1. The van der Waals surface area contributed by atoms with Gasteiger partial charge in [-0.05, 0) is 51.7 Å². The molecule has 0 spiro atoms. The first-order valence-electron chi connectivity index (χ1n) is 10.0. The third-order valence-corrected chi connectivity index (χ3v) is 4.89. The summed E-state index contributed by atoms with van der Waals surface area (Å²) in [6.07, 6.45) is 6.49. The number of amides is 2. The largest absolute Gasteiger partial charge is 0.444 e. The summed E-state index contributed by atoms with van der Waals surface area (Å²) in [5, 5.41) is 5.42. The van der Waals surface area contributed by atoms with Crippen LogP contribution in [0.2, 0.25) is 0 Å². The summed E-state index contributed by atoms with van der Waals surface area (Å²) in [5.41, 5.74) is 5.15. The van der Waals surface area contributed by atoms with Gasteiger partial charge in [-0.25, -0.2) is 9.18 Å². The molecule has 1 aromatic rings. The summed E-state index contributed by atoms with van der Waals surface area (Å²) < 4.78 is 19.1. The molecule has 1 atom stereocenters. The van der Waals surface area contributed by atoms with E-state index in [2.05, 4.69) is 10.6 Å². The van der Waals surface area contributed by atoms with Crippen LogP contribution in [0.15, 0.2) is 18.2 Å². The van der Waals surface area contributed by atoms with Crippen molar-refractivity contribution in [1.29, 1.82) is 0 Å². The fraction of sp³-hybridized carbons (Fsp3) is 0.619. The number of hydrogen-bond acceptors (Lipinski definition) is 4. The Labute approximate surface area is 166 Å². The zero-order valence-corrected chi connectivity index (χ0v) is 17.0. The van der Waals surface area contributed by atoms with E-state index in [4.69, 9.17) is 10.5 Å². The number of rotatable bonds is 4. The van der Waals surface area contributed by atoms with E-state index in [-0.39, 0.29) is 17.3 Å². The molecule has 2 rings (SSSR count). The van der Waals surface area contributed by atoms with Crippen LogP contribution in [0, 0.1) is 11.7 Å².